The van der Waals surface area contributed by atoms with Gasteiger partial charge in [0.25, 0.3) is 0 Å². The Labute approximate surface area is 178 Å². The van der Waals surface area contributed by atoms with Gasteiger partial charge in [0.05, 0.1) is 6.10 Å². The summed E-state index contributed by atoms with van der Waals surface area (Å²) in [6, 6.07) is 0. The van der Waals surface area contributed by atoms with Gasteiger partial charge in [-0.05, 0) is 55.8 Å². The fourth-order valence-electron chi connectivity index (χ4n) is 8.34. The Morgan fingerprint density at radius 3 is 2.77 bits per heavy atom. The number of carbonyl (C=O) groups is 1. The number of hydrogen-bond acceptors (Lipinski definition) is 3. The predicted molar refractivity (Wildman–Crippen MR) is 101 cm³/mol. The zero-order valence-electron chi connectivity index (χ0n) is 15.5. The molecular formula is C20H28BrO3PV. The molecule has 0 aromatic heterocycles. The number of epoxide rings is 1. The minimum atomic E-state index is -0.0492. The number of rotatable bonds is 1. The number of fused-ring (bicyclic) bond motifs is 6. The number of hydrogen-bond donors (Lipinski definition) is 0. The van der Waals surface area contributed by atoms with Crippen molar-refractivity contribution in [2.45, 2.75) is 75.0 Å². The van der Waals surface area contributed by atoms with Crippen molar-refractivity contribution < 1.29 is 32.6 Å². The van der Waals surface area contributed by atoms with E-state index in [-0.39, 0.29) is 35.0 Å². The van der Waals surface area contributed by atoms with Gasteiger partial charge in [0, 0.05) is 56.0 Å². The summed E-state index contributed by atoms with van der Waals surface area (Å²) in [7, 11) is 2.46. The molecular weight excluding hydrogens is 450 g/mol. The molecule has 1 saturated heterocycles. The van der Waals surface area contributed by atoms with Crippen LogP contribution in [0.25, 0.3) is 0 Å². The van der Waals surface area contributed by atoms with Crippen LogP contribution >= 0.6 is 25.4 Å². The summed E-state index contributed by atoms with van der Waals surface area (Å²) >= 11 is 4.10. The van der Waals surface area contributed by atoms with Crippen molar-refractivity contribution in [2.75, 3.05) is 0 Å². The van der Waals surface area contributed by atoms with E-state index in [1.54, 1.807) is 0 Å². The SMILES string of the molecule is C[C@]12CCC3C(C1[C@@H]1C[C@@H]1C2=O)[C@H](Br)[C@H]1O[C@]12C[C@@H](OP)CC[C@]32C.[V]. The summed E-state index contributed by atoms with van der Waals surface area (Å²) in [4.78, 5) is 13.4. The molecule has 12 atom stereocenters. The first kappa shape index (κ1) is 19.1. The smallest absolute Gasteiger partial charge is 0.142 e. The molecule has 0 aromatic rings. The van der Waals surface area contributed by atoms with Crippen LogP contribution in [0.1, 0.15) is 52.4 Å². The second-order valence-electron chi connectivity index (χ2n) is 10.3. The molecule has 1 spiro atoms. The molecule has 6 rings (SSSR count). The molecule has 143 valence electrons. The quantitative estimate of drug-likeness (QED) is 0.323. The standard InChI is InChI=1S/C20H28BrO3P.V/c1-18-5-4-12-13(14(18)10-7-11(10)16(18)22)15(21)17-20(23-17)8-9(24-25)3-6-19(12,20)2;/h9-15,17H,3-8,25H2,1-2H3;/t9-,10+,11-,12?,13?,14?,15-,17+,18-,19+,20+;/m0./s1. The second-order valence-corrected chi connectivity index (χ2v) is 11.7. The van der Waals surface area contributed by atoms with Gasteiger partial charge in [0.1, 0.15) is 17.5 Å². The molecule has 26 heavy (non-hydrogen) atoms. The van der Waals surface area contributed by atoms with E-state index >= 15 is 0 Å². The maximum atomic E-state index is 13.0. The first-order valence-corrected chi connectivity index (χ1v) is 11.5. The third-order valence-corrected chi connectivity index (χ3v) is 11.2. The minimum Gasteiger partial charge on any atom is -0.364 e. The first-order valence-electron chi connectivity index (χ1n) is 10.1. The van der Waals surface area contributed by atoms with E-state index in [1.807, 2.05) is 0 Å². The van der Waals surface area contributed by atoms with Crippen molar-refractivity contribution >= 4 is 31.2 Å². The van der Waals surface area contributed by atoms with Crippen LogP contribution in [0.3, 0.4) is 0 Å². The van der Waals surface area contributed by atoms with E-state index in [0.717, 1.165) is 19.3 Å². The predicted octanol–water partition coefficient (Wildman–Crippen LogP) is 4.13. The molecule has 5 aliphatic carbocycles. The van der Waals surface area contributed by atoms with Crippen LogP contribution in [-0.4, -0.2) is 28.4 Å². The van der Waals surface area contributed by atoms with Gasteiger partial charge in [0.2, 0.25) is 0 Å². The van der Waals surface area contributed by atoms with Gasteiger partial charge in [-0.25, -0.2) is 0 Å². The van der Waals surface area contributed by atoms with Crippen LogP contribution in [0.15, 0.2) is 0 Å². The molecule has 3 nitrogen and oxygen atoms in total. The third-order valence-electron chi connectivity index (χ3n) is 9.68. The van der Waals surface area contributed by atoms with Crippen LogP contribution in [0.4, 0.5) is 0 Å². The maximum absolute atomic E-state index is 13.0. The molecule has 6 fully saturated rings. The number of Topliss-reactive ketones (excluding diaryl/α,β-unsaturated/α-hetero) is 1. The van der Waals surface area contributed by atoms with Crippen LogP contribution < -0.4 is 0 Å². The molecule has 6 aliphatic rings. The Bertz CT molecular complexity index is 677. The maximum Gasteiger partial charge on any atom is 0.142 e. The van der Waals surface area contributed by atoms with Crippen molar-refractivity contribution in [1.82, 2.24) is 0 Å². The molecule has 0 amide bonds. The molecule has 4 unspecified atom stereocenters. The number of ketones is 1. The molecule has 0 N–H and O–H groups in total. The normalized spacial score (nSPS) is 64.2. The van der Waals surface area contributed by atoms with Crippen molar-refractivity contribution in [3.8, 4) is 0 Å². The van der Waals surface area contributed by atoms with Crippen molar-refractivity contribution in [1.29, 1.82) is 0 Å². The van der Waals surface area contributed by atoms with Gasteiger partial charge in [-0.2, -0.15) is 0 Å². The first-order chi connectivity index (χ1) is 11.9. The van der Waals surface area contributed by atoms with Crippen LogP contribution in [0, 0.1) is 40.4 Å². The molecule has 0 aromatic carbocycles. The summed E-state index contributed by atoms with van der Waals surface area (Å²) in [5, 5.41) is 0. The monoisotopic (exact) mass is 477 g/mol. The van der Waals surface area contributed by atoms with Gasteiger partial charge >= 0.3 is 0 Å². The zero-order chi connectivity index (χ0) is 17.4. The van der Waals surface area contributed by atoms with Crippen LogP contribution in [-0.2, 0) is 32.6 Å². The largest absolute Gasteiger partial charge is 0.364 e. The molecule has 6 heteroatoms. The second kappa shape index (κ2) is 5.61. The van der Waals surface area contributed by atoms with Gasteiger partial charge in [-0.15, -0.1) is 0 Å². The van der Waals surface area contributed by atoms with Crippen molar-refractivity contribution in [3.63, 3.8) is 0 Å². The minimum absolute atomic E-state index is 0. The van der Waals surface area contributed by atoms with Gasteiger partial charge in [-0.3, -0.25) is 4.79 Å². The summed E-state index contributed by atoms with van der Waals surface area (Å²) in [5.74, 6) is 3.55. The third kappa shape index (κ3) is 1.96. The molecule has 5 saturated carbocycles. The Balaban J connectivity index is 0.00000150. The number of halogens is 1. The fourth-order valence-corrected chi connectivity index (χ4v) is 9.80. The number of carbonyl (C=O) groups excluding carboxylic acids is 1. The molecule has 0 bridgehead atoms. The number of ether oxygens (including phenoxy) is 1. The fraction of sp³-hybridized carbons (Fsp3) is 0.950. The van der Waals surface area contributed by atoms with Gasteiger partial charge in [0.15, 0.2) is 0 Å². The molecule has 1 heterocycles. The average molecular weight is 478 g/mol. The summed E-state index contributed by atoms with van der Waals surface area (Å²) in [5.41, 5.74) is 0.219. The zero-order valence-corrected chi connectivity index (χ0v) is 19.6. The van der Waals surface area contributed by atoms with E-state index in [1.165, 1.54) is 19.3 Å². The number of alkyl halides is 1. The Morgan fingerprint density at radius 2 is 2.04 bits per heavy atom. The van der Waals surface area contributed by atoms with E-state index < -0.39 is 0 Å². The van der Waals surface area contributed by atoms with Gasteiger partial charge < -0.3 is 9.26 Å². The van der Waals surface area contributed by atoms with E-state index in [4.69, 9.17) is 9.26 Å². The van der Waals surface area contributed by atoms with Crippen LogP contribution in [0.2, 0.25) is 0 Å². The topological polar surface area (TPSA) is 38.8 Å². The van der Waals surface area contributed by atoms with Crippen molar-refractivity contribution in [2.24, 2.45) is 40.4 Å². The van der Waals surface area contributed by atoms with Crippen molar-refractivity contribution in [3.05, 3.63) is 0 Å². The Hall–Kier alpha value is 1.08. The van der Waals surface area contributed by atoms with E-state index in [0.29, 0.717) is 52.4 Å². The molecule has 1 radical (unpaired) electrons. The summed E-state index contributed by atoms with van der Waals surface area (Å²) < 4.78 is 12.2. The summed E-state index contributed by atoms with van der Waals surface area (Å²) in [6.45, 7) is 4.80. The van der Waals surface area contributed by atoms with Crippen LogP contribution in [0.5, 0.6) is 0 Å². The van der Waals surface area contributed by atoms with E-state index in [9.17, 15) is 4.79 Å². The summed E-state index contributed by atoms with van der Waals surface area (Å²) in [6.07, 6.45) is 7.48. The molecule has 1 aliphatic heterocycles. The Kier molecular flexibility index (Phi) is 4.12. The average Bonchev–Trinajstić information content (AvgIpc) is 3.49. The van der Waals surface area contributed by atoms with E-state index in [2.05, 4.69) is 39.2 Å². The van der Waals surface area contributed by atoms with Gasteiger partial charge in [-0.1, -0.05) is 29.8 Å². The Morgan fingerprint density at radius 1 is 1.27 bits per heavy atom.